The molecular weight excluding hydrogens is 552 g/mol. The Hall–Kier alpha value is -0.210. The summed E-state index contributed by atoms with van der Waals surface area (Å²) in [5.41, 5.74) is -0.0740. The average molecular weight is 567 g/mol. The van der Waals surface area contributed by atoms with Crippen molar-refractivity contribution in [2.24, 2.45) is 11.3 Å². The second-order valence-electron chi connectivity index (χ2n) is 6.80. The highest BCUT2D eigenvalue weighted by molar-refractivity contribution is 14.1. The molecule has 0 saturated heterocycles. The highest BCUT2D eigenvalue weighted by Gasteiger charge is 2.70. The van der Waals surface area contributed by atoms with Gasteiger partial charge in [0.05, 0.1) is 19.0 Å². The average Bonchev–Trinajstić information content (AvgIpc) is 3.00. The summed E-state index contributed by atoms with van der Waals surface area (Å²) in [5.74, 6) is -0.195. The molecule has 0 spiro atoms. The largest absolute Gasteiger partial charge is 0.469 e. The minimum atomic E-state index is -4.82. The lowest BCUT2D eigenvalue weighted by Gasteiger charge is -2.24. The molecule has 28 heavy (non-hydrogen) atoms. The summed E-state index contributed by atoms with van der Waals surface area (Å²) in [6.45, 7) is -0.386. The fourth-order valence-corrected chi connectivity index (χ4v) is 5.90. The van der Waals surface area contributed by atoms with Gasteiger partial charge in [0.15, 0.2) is 14.6 Å². The van der Waals surface area contributed by atoms with Gasteiger partial charge in [0, 0.05) is 34.0 Å². The highest BCUT2D eigenvalue weighted by Crippen LogP contribution is 2.71. The normalized spacial score (nSPS) is 30.0. The number of halogens is 2. The Labute approximate surface area is 176 Å². The van der Waals surface area contributed by atoms with Crippen LogP contribution in [-0.4, -0.2) is 51.8 Å². The van der Waals surface area contributed by atoms with Crippen LogP contribution in [0.15, 0.2) is 6.33 Å². The third-order valence-corrected chi connectivity index (χ3v) is 6.95. The molecule has 4 rings (SSSR count). The summed E-state index contributed by atoms with van der Waals surface area (Å²) in [4.78, 5) is 49.2. The number of rotatable bonds is 6. The number of phosphoric ester groups is 2. The minimum Gasteiger partial charge on any atom is -0.312 e. The van der Waals surface area contributed by atoms with E-state index in [4.69, 9.17) is 25.9 Å². The van der Waals surface area contributed by atoms with E-state index in [0.717, 1.165) is 0 Å². The van der Waals surface area contributed by atoms with Crippen LogP contribution >= 0.6 is 49.8 Å². The molecule has 12 nitrogen and oxygen atoms in total. The summed E-state index contributed by atoms with van der Waals surface area (Å²) in [7, 11) is -9.57. The maximum Gasteiger partial charge on any atom is 0.469 e. The number of imidazole rings is 1. The second-order valence-corrected chi connectivity index (χ2v) is 10.6. The number of nitrogens with zero attached hydrogens (tertiary/aromatic N) is 4. The SMILES string of the molecule is O=P(O)(O)OC[C@]12C[C@@H]1[C@@H](n1cnc3c(Cl)nc(I)nc31)C[C@@H]2OP(=O)(O)O. The van der Waals surface area contributed by atoms with E-state index in [1.807, 2.05) is 22.6 Å². The second kappa shape index (κ2) is 6.91. The van der Waals surface area contributed by atoms with Gasteiger partial charge in [0.1, 0.15) is 5.52 Å². The van der Waals surface area contributed by atoms with Gasteiger partial charge in [-0.05, 0) is 18.8 Å². The predicted octanol–water partition coefficient (Wildman–Crippen LogP) is 1.62. The molecule has 0 unspecified atom stereocenters. The molecule has 2 aliphatic carbocycles. The molecule has 2 aliphatic rings. The van der Waals surface area contributed by atoms with Gasteiger partial charge in [0.2, 0.25) is 0 Å². The summed E-state index contributed by atoms with van der Waals surface area (Å²) in [5, 5.41) is 0.182. The first-order chi connectivity index (χ1) is 12.9. The molecule has 4 N–H and O–H groups in total. The molecule has 4 atom stereocenters. The zero-order valence-electron chi connectivity index (χ0n) is 13.8. The minimum absolute atomic E-state index is 0.182. The van der Waals surface area contributed by atoms with Gasteiger partial charge in [0.25, 0.3) is 0 Å². The Balaban J connectivity index is 1.69. The first kappa shape index (κ1) is 21.0. The van der Waals surface area contributed by atoms with Crippen molar-refractivity contribution in [3.63, 3.8) is 0 Å². The van der Waals surface area contributed by atoms with E-state index in [2.05, 4.69) is 19.5 Å². The molecule has 0 amide bonds. The zero-order chi connectivity index (χ0) is 20.5. The van der Waals surface area contributed by atoms with Crippen LogP contribution in [0.5, 0.6) is 0 Å². The van der Waals surface area contributed by atoms with Crippen molar-refractivity contribution < 1.29 is 37.8 Å². The topological polar surface area (TPSA) is 177 Å². The molecule has 0 radical (unpaired) electrons. The molecule has 0 aromatic carbocycles. The van der Waals surface area contributed by atoms with Crippen molar-refractivity contribution in [3.8, 4) is 0 Å². The molecule has 2 aromatic rings. The Kier molecular flexibility index (Phi) is 5.19. The van der Waals surface area contributed by atoms with Gasteiger partial charge in [-0.1, -0.05) is 11.6 Å². The van der Waals surface area contributed by atoms with E-state index >= 15 is 0 Å². The van der Waals surface area contributed by atoms with Crippen molar-refractivity contribution in [3.05, 3.63) is 15.3 Å². The van der Waals surface area contributed by atoms with Gasteiger partial charge >= 0.3 is 15.6 Å². The first-order valence-electron chi connectivity index (χ1n) is 7.89. The van der Waals surface area contributed by atoms with Crippen molar-refractivity contribution in [2.75, 3.05) is 6.61 Å². The van der Waals surface area contributed by atoms with Crippen LogP contribution in [0.25, 0.3) is 11.2 Å². The van der Waals surface area contributed by atoms with Crippen LogP contribution in [0.4, 0.5) is 0 Å². The number of fused-ring (bicyclic) bond motifs is 2. The van der Waals surface area contributed by atoms with E-state index in [1.165, 1.54) is 6.33 Å². The first-order valence-corrected chi connectivity index (χ1v) is 12.4. The summed E-state index contributed by atoms with van der Waals surface area (Å²) < 4.78 is 34.3. The number of hydrogen-bond acceptors (Lipinski definition) is 7. The number of phosphoric acid groups is 2. The molecule has 2 heterocycles. The fourth-order valence-electron chi connectivity index (χ4n) is 4.04. The van der Waals surface area contributed by atoms with Crippen molar-refractivity contribution in [1.82, 2.24) is 19.5 Å². The van der Waals surface area contributed by atoms with E-state index in [1.54, 1.807) is 4.57 Å². The lowest BCUT2D eigenvalue weighted by molar-refractivity contribution is 0.0499. The lowest BCUT2D eigenvalue weighted by Crippen LogP contribution is -2.26. The third kappa shape index (κ3) is 3.89. The van der Waals surface area contributed by atoms with Crippen LogP contribution in [0, 0.1) is 15.2 Å². The number of aromatic nitrogens is 4. The molecule has 0 bridgehead atoms. The van der Waals surface area contributed by atoms with Gasteiger partial charge in [-0.3, -0.25) is 9.05 Å². The van der Waals surface area contributed by atoms with Gasteiger partial charge in [-0.15, -0.1) is 0 Å². The van der Waals surface area contributed by atoms with Gasteiger partial charge in [-0.2, -0.15) is 0 Å². The molecule has 2 saturated carbocycles. The maximum absolute atomic E-state index is 11.4. The molecular formula is C12H14ClIN4O8P2. The number of hydrogen-bond donors (Lipinski definition) is 4. The van der Waals surface area contributed by atoms with E-state index in [9.17, 15) is 18.9 Å². The van der Waals surface area contributed by atoms with Crippen LogP contribution in [0.2, 0.25) is 5.15 Å². The Morgan fingerprint density at radius 2 is 2.00 bits per heavy atom. The Bertz CT molecular complexity index is 1040. The zero-order valence-corrected chi connectivity index (χ0v) is 18.5. The van der Waals surface area contributed by atoms with E-state index in [0.29, 0.717) is 21.4 Å². The third-order valence-electron chi connectivity index (χ3n) is 5.21. The molecule has 2 aromatic heterocycles. The van der Waals surface area contributed by atoms with Crippen LogP contribution in [0.1, 0.15) is 18.9 Å². The maximum atomic E-state index is 11.4. The smallest absolute Gasteiger partial charge is 0.312 e. The lowest BCUT2D eigenvalue weighted by atomic mass is 10.0. The monoisotopic (exact) mass is 566 g/mol. The highest BCUT2D eigenvalue weighted by atomic mass is 127. The van der Waals surface area contributed by atoms with Crippen LogP contribution in [0.3, 0.4) is 0 Å². The Morgan fingerprint density at radius 3 is 2.64 bits per heavy atom. The molecule has 2 fully saturated rings. The Morgan fingerprint density at radius 1 is 1.29 bits per heavy atom. The summed E-state index contributed by atoms with van der Waals surface area (Å²) in [6.07, 6.45) is 1.16. The van der Waals surface area contributed by atoms with Crippen molar-refractivity contribution in [2.45, 2.75) is 25.0 Å². The van der Waals surface area contributed by atoms with Crippen LogP contribution in [-0.2, 0) is 18.2 Å². The quantitative estimate of drug-likeness (QED) is 0.173. The van der Waals surface area contributed by atoms with Crippen LogP contribution < -0.4 is 0 Å². The van der Waals surface area contributed by atoms with Gasteiger partial charge in [-0.25, -0.2) is 24.1 Å². The molecule has 0 aliphatic heterocycles. The van der Waals surface area contributed by atoms with E-state index < -0.39 is 27.2 Å². The van der Waals surface area contributed by atoms with Crippen molar-refractivity contribution >= 4 is 61.0 Å². The van der Waals surface area contributed by atoms with E-state index in [-0.39, 0.29) is 30.1 Å². The molecule has 154 valence electrons. The fraction of sp³-hybridized carbons (Fsp3) is 0.583. The predicted molar refractivity (Wildman–Crippen MR) is 102 cm³/mol. The van der Waals surface area contributed by atoms with Gasteiger partial charge < -0.3 is 24.1 Å². The molecule has 16 heteroatoms. The summed E-state index contributed by atoms with van der Waals surface area (Å²) in [6, 6.07) is -0.316. The summed E-state index contributed by atoms with van der Waals surface area (Å²) >= 11 is 8.02. The van der Waals surface area contributed by atoms with Crippen molar-refractivity contribution in [1.29, 1.82) is 0 Å². The standard InChI is InChI=1S/C12H14ClIN4O8P2/c13-9-8-10(17-11(14)16-9)18(4-15-8)6-1-7(26-28(22,23)24)12(2-5(6)12)3-25-27(19,20)21/h4-7H,1-3H2,(H2,19,20,21)(H2,22,23,24)/t5-,6+,7+,12-/m1/s1.